The van der Waals surface area contributed by atoms with Gasteiger partial charge in [0.25, 0.3) is 0 Å². The second-order valence-electron chi connectivity index (χ2n) is 3.75. The zero-order valence-corrected chi connectivity index (χ0v) is 8.28. The first-order valence-electron chi connectivity index (χ1n) is 4.73. The van der Waals surface area contributed by atoms with Crippen LogP contribution in [0.25, 0.3) is 0 Å². The first-order valence-corrected chi connectivity index (χ1v) is 4.73. The largest absolute Gasteiger partial charge is 0.338 e. The van der Waals surface area contributed by atoms with Crippen molar-refractivity contribution < 1.29 is 9.32 Å². The van der Waals surface area contributed by atoms with Crippen LogP contribution in [0.3, 0.4) is 0 Å². The van der Waals surface area contributed by atoms with Gasteiger partial charge in [-0.1, -0.05) is 5.16 Å². The van der Waals surface area contributed by atoms with Crippen LogP contribution in [0.2, 0.25) is 0 Å². The van der Waals surface area contributed by atoms with Crippen molar-refractivity contribution in [1.29, 1.82) is 0 Å². The van der Waals surface area contributed by atoms with Gasteiger partial charge in [-0.25, -0.2) is 0 Å². The molecule has 2 rings (SSSR count). The number of piperidine rings is 1. The number of nitrogens with zero attached hydrogens (tertiary/aromatic N) is 2. The standard InChI is InChI=1S/C9H13N3O2/c1-5-3-7(13)4-8(10-5)9-11-6(2)12-14-9/h5,8,10H,3-4H2,1-2H3. The number of hydrogen-bond acceptors (Lipinski definition) is 5. The second kappa shape index (κ2) is 3.49. The Morgan fingerprint density at radius 1 is 1.50 bits per heavy atom. The van der Waals surface area contributed by atoms with Crippen LogP contribution in [0, 0.1) is 6.92 Å². The molecular weight excluding hydrogens is 182 g/mol. The molecule has 0 saturated carbocycles. The Labute approximate surface area is 81.9 Å². The van der Waals surface area contributed by atoms with Crippen molar-refractivity contribution in [2.75, 3.05) is 0 Å². The number of carbonyl (C=O) groups is 1. The minimum atomic E-state index is -0.104. The highest BCUT2D eigenvalue weighted by Crippen LogP contribution is 2.21. The lowest BCUT2D eigenvalue weighted by molar-refractivity contribution is -0.121. The second-order valence-corrected chi connectivity index (χ2v) is 3.75. The van der Waals surface area contributed by atoms with E-state index in [1.54, 1.807) is 6.92 Å². The van der Waals surface area contributed by atoms with Crippen LogP contribution in [0.15, 0.2) is 4.52 Å². The van der Waals surface area contributed by atoms with E-state index in [0.29, 0.717) is 24.6 Å². The van der Waals surface area contributed by atoms with Gasteiger partial charge in [0, 0.05) is 18.9 Å². The first kappa shape index (κ1) is 9.33. The molecule has 0 aromatic carbocycles. The molecule has 1 saturated heterocycles. The van der Waals surface area contributed by atoms with E-state index in [2.05, 4.69) is 15.5 Å². The molecule has 0 spiro atoms. The lowest BCUT2D eigenvalue weighted by Gasteiger charge is -2.24. The first-order chi connectivity index (χ1) is 6.65. The minimum absolute atomic E-state index is 0.104. The van der Waals surface area contributed by atoms with E-state index >= 15 is 0 Å². The van der Waals surface area contributed by atoms with Crippen molar-refractivity contribution >= 4 is 5.78 Å². The van der Waals surface area contributed by atoms with Gasteiger partial charge in [-0.2, -0.15) is 4.98 Å². The highest BCUT2D eigenvalue weighted by molar-refractivity contribution is 5.80. The summed E-state index contributed by atoms with van der Waals surface area (Å²) in [6.07, 6.45) is 1.04. The summed E-state index contributed by atoms with van der Waals surface area (Å²) in [5.74, 6) is 1.37. The van der Waals surface area contributed by atoms with Crippen molar-refractivity contribution in [2.45, 2.75) is 38.8 Å². The van der Waals surface area contributed by atoms with E-state index in [4.69, 9.17) is 4.52 Å². The van der Waals surface area contributed by atoms with Gasteiger partial charge in [-0.05, 0) is 13.8 Å². The van der Waals surface area contributed by atoms with E-state index in [1.807, 2.05) is 6.92 Å². The number of ketones is 1. The Morgan fingerprint density at radius 3 is 2.86 bits per heavy atom. The molecule has 0 bridgehead atoms. The van der Waals surface area contributed by atoms with Crippen LogP contribution < -0.4 is 5.32 Å². The van der Waals surface area contributed by atoms with Crippen molar-refractivity contribution in [2.24, 2.45) is 0 Å². The zero-order valence-electron chi connectivity index (χ0n) is 8.28. The Morgan fingerprint density at radius 2 is 2.29 bits per heavy atom. The maximum absolute atomic E-state index is 11.3. The van der Waals surface area contributed by atoms with Crippen LogP contribution >= 0.6 is 0 Å². The van der Waals surface area contributed by atoms with E-state index in [0.717, 1.165) is 0 Å². The molecule has 2 unspecified atom stereocenters. The van der Waals surface area contributed by atoms with Crippen molar-refractivity contribution in [3.05, 3.63) is 11.7 Å². The summed E-state index contributed by atoms with van der Waals surface area (Å²) in [5.41, 5.74) is 0. The lowest BCUT2D eigenvalue weighted by atomic mass is 9.98. The van der Waals surface area contributed by atoms with Crippen molar-refractivity contribution in [1.82, 2.24) is 15.5 Å². The van der Waals surface area contributed by atoms with Gasteiger partial charge in [0.05, 0.1) is 6.04 Å². The Balaban J connectivity index is 2.14. The number of Topliss-reactive ketones (excluding diaryl/α,β-unsaturated/α-hetero) is 1. The van der Waals surface area contributed by atoms with Crippen LogP contribution in [-0.2, 0) is 4.79 Å². The molecule has 1 fully saturated rings. The summed E-state index contributed by atoms with van der Waals surface area (Å²) < 4.78 is 5.02. The average Bonchev–Trinajstić information content (AvgIpc) is 2.50. The molecule has 1 aliphatic heterocycles. The Kier molecular flexibility index (Phi) is 2.33. The molecule has 14 heavy (non-hydrogen) atoms. The molecule has 0 amide bonds. The van der Waals surface area contributed by atoms with Crippen molar-refractivity contribution in [3.63, 3.8) is 0 Å². The number of carbonyl (C=O) groups excluding carboxylic acids is 1. The predicted octanol–water partition coefficient (Wildman–Crippen LogP) is 0.760. The van der Waals surface area contributed by atoms with Gasteiger partial charge >= 0.3 is 0 Å². The van der Waals surface area contributed by atoms with Crippen LogP contribution in [0.4, 0.5) is 0 Å². The number of nitrogens with one attached hydrogen (secondary N) is 1. The summed E-state index contributed by atoms with van der Waals surface area (Å²) in [6, 6.07) is 0.0842. The summed E-state index contributed by atoms with van der Waals surface area (Å²) >= 11 is 0. The summed E-state index contributed by atoms with van der Waals surface area (Å²) in [5, 5.41) is 6.96. The molecule has 1 N–H and O–H groups in total. The molecule has 5 heteroatoms. The zero-order chi connectivity index (χ0) is 10.1. The SMILES string of the molecule is Cc1noc(C2CC(=O)CC(C)N2)n1. The molecule has 1 aliphatic rings. The predicted molar refractivity (Wildman–Crippen MR) is 48.6 cm³/mol. The van der Waals surface area contributed by atoms with Crippen LogP contribution in [0.1, 0.15) is 37.5 Å². The molecule has 0 aliphatic carbocycles. The highest BCUT2D eigenvalue weighted by Gasteiger charge is 2.28. The smallest absolute Gasteiger partial charge is 0.244 e. The minimum Gasteiger partial charge on any atom is -0.338 e. The number of hydrogen-bond donors (Lipinski definition) is 1. The van der Waals surface area contributed by atoms with E-state index < -0.39 is 0 Å². The lowest BCUT2D eigenvalue weighted by Crippen LogP contribution is -2.39. The third-order valence-electron chi connectivity index (χ3n) is 2.29. The maximum atomic E-state index is 11.3. The molecule has 0 radical (unpaired) electrons. The molecule has 5 nitrogen and oxygen atoms in total. The van der Waals surface area contributed by atoms with E-state index in [1.165, 1.54) is 0 Å². The topological polar surface area (TPSA) is 68.0 Å². The normalized spacial score (nSPS) is 28.0. The summed E-state index contributed by atoms with van der Waals surface area (Å²) in [7, 11) is 0. The van der Waals surface area contributed by atoms with Crippen LogP contribution in [0.5, 0.6) is 0 Å². The molecule has 76 valence electrons. The molecule has 1 aromatic rings. The fourth-order valence-electron chi connectivity index (χ4n) is 1.73. The highest BCUT2D eigenvalue weighted by atomic mass is 16.5. The van der Waals surface area contributed by atoms with Crippen molar-refractivity contribution in [3.8, 4) is 0 Å². The Bertz CT molecular complexity index is 348. The third kappa shape index (κ3) is 1.82. The monoisotopic (exact) mass is 195 g/mol. The number of aromatic nitrogens is 2. The number of rotatable bonds is 1. The summed E-state index contributed by atoms with van der Waals surface area (Å²) in [6.45, 7) is 3.74. The third-order valence-corrected chi connectivity index (χ3v) is 2.29. The number of aryl methyl sites for hydroxylation is 1. The summed E-state index contributed by atoms with van der Waals surface area (Å²) in [4.78, 5) is 15.4. The van der Waals surface area contributed by atoms with Gasteiger partial charge in [-0.15, -0.1) is 0 Å². The van der Waals surface area contributed by atoms with Gasteiger partial charge in [0.15, 0.2) is 5.82 Å². The van der Waals surface area contributed by atoms with Gasteiger partial charge < -0.3 is 9.84 Å². The molecule has 2 heterocycles. The molecule has 1 aromatic heterocycles. The average molecular weight is 195 g/mol. The van der Waals surface area contributed by atoms with Gasteiger partial charge in [-0.3, -0.25) is 4.79 Å². The maximum Gasteiger partial charge on any atom is 0.244 e. The fraction of sp³-hybridized carbons (Fsp3) is 0.667. The Hall–Kier alpha value is -1.23. The molecule has 2 atom stereocenters. The van der Waals surface area contributed by atoms with Gasteiger partial charge in [0.2, 0.25) is 5.89 Å². The van der Waals surface area contributed by atoms with E-state index in [-0.39, 0.29) is 17.9 Å². The molecular formula is C9H13N3O2. The van der Waals surface area contributed by atoms with Crippen LogP contribution in [-0.4, -0.2) is 22.0 Å². The fourth-order valence-corrected chi connectivity index (χ4v) is 1.73. The van der Waals surface area contributed by atoms with Gasteiger partial charge in [0.1, 0.15) is 5.78 Å². The van der Waals surface area contributed by atoms with E-state index in [9.17, 15) is 4.79 Å². The quantitative estimate of drug-likeness (QED) is 0.716.